The van der Waals surface area contributed by atoms with Gasteiger partial charge in [0.2, 0.25) is 0 Å². The second-order valence-electron chi connectivity index (χ2n) is 7.69. The van der Waals surface area contributed by atoms with E-state index < -0.39 is 0 Å². The van der Waals surface area contributed by atoms with Crippen LogP contribution in [0.4, 0.5) is 5.69 Å². The van der Waals surface area contributed by atoms with E-state index in [0.29, 0.717) is 11.3 Å². The quantitative estimate of drug-likeness (QED) is 0.635. The van der Waals surface area contributed by atoms with E-state index in [4.69, 9.17) is 4.74 Å². The van der Waals surface area contributed by atoms with Crippen molar-refractivity contribution in [2.24, 2.45) is 5.10 Å². The number of ether oxygens (including phenoxy) is 1. The van der Waals surface area contributed by atoms with Gasteiger partial charge in [0.05, 0.1) is 18.9 Å². The Kier molecular flexibility index (Phi) is 5.27. The Bertz CT molecular complexity index is 957. The first-order chi connectivity index (χ1) is 13.2. The molecule has 1 amide bonds. The molecule has 2 aromatic rings. The van der Waals surface area contributed by atoms with Gasteiger partial charge in [-0.25, -0.2) is 5.43 Å². The van der Waals surface area contributed by atoms with E-state index in [0.717, 1.165) is 11.1 Å². The number of carbonyl (C=O) groups is 1. The summed E-state index contributed by atoms with van der Waals surface area (Å²) in [6, 6.07) is 11.2. The number of nitrogens with zero attached hydrogens (tertiary/aromatic N) is 2. The number of rotatable bonds is 4. The van der Waals surface area contributed by atoms with Crippen LogP contribution in [0.25, 0.3) is 5.57 Å². The molecule has 28 heavy (non-hydrogen) atoms. The van der Waals surface area contributed by atoms with Crippen molar-refractivity contribution >= 4 is 23.4 Å². The number of methoxy groups -OCH3 is 1. The van der Waals surface area contributed by atoms with Crippen molar-refractivity contribution in [3.8, 4) is 5.75 Å². The highest BCUT2D eigenvalue weighted by atomic mass is 16.5. The van der Waals surface area contributed by atoms with Gasteiger partial charge < -0.3 is 9.64 Å². The van der Waals surface area contributed by atoms with Crippen molar-refractivity contribution in [2.45, 2.75) is 33.2 Å². The van der Waals surface area contributed by atoms with Crippen LogP contribution >= 0.6 is 0 Å². The van der Waals surface area contributed by atoms with Gasteiger partial charge in [-0.2, -0.15) is 5.10 Å². The average molecular weight is 377 g/mol. The average Bonchev–Trinajstić information content (AvgIpc) is 2.66. The van der Waals surface area contributed by atoms with Gasteiger partial charge in [-0.05, 0) is 80.8 Å². The van der Waals surface area contributed by atoms with E-state index in [-0.39, 0.29) is 11.4 Å². The topological polar surface area (TPSA) is 53.9 Å². The zero-order chi connectivity index (χ0) is 20.5. The van der Waals surface area contributed by atoms with Crippen LogP contribution in [0.2, 0.25) is 0 Å². The minimum absolute atomic E-state index is 0.0224. The molecule has 0 saturated heterocycles. The van der Waals surface area contributed by atoms with Crippen LogP contribution in [0.15, 0.2) is 47.6 Å². The summed E-state index contributed by atoms with van der Waals surface area (Å²) >= 11 is 0. The van der Waals surface area contributed by atoms with Gasteiger partial charge in [-0.15, -0.1) is 0 Å². The summed E-state index contributed by atoms with van der Waals surface area (Å²) in [5.74, 6) is 0.452. The summed E-state index contributed by atoms with van der Waals surface area (Å²) < 4.78 is 5.11. The van der Waals surface area contributed by atoms with Gasteiger partial charge in [-0.3, -0.25) is 4.79 Å². The van der Waals surface area contributed by atoms with Crippen LogP contribution in [0.3, 0.4) is 0 Å². The number of allylic oxidation sites excluding steroid dienone is 1. The molecule has 0 aliphatic carbocycles. The Morgan fingerprint density at radius 1 is 1.18 bits per heavy atom. The van der Waals surface area contributed by atoms with Crippen LogP contribution in [0, 0.1) is 6.92 Å². The Hall–Kier alpha value is -3.08. The molecule has 5 heteroatoms. The number of carbonyl (C=O) groups excluding carboxylic acids is 1. The molecule has 1 aliphatic rings. The molecule has 146 valence electrons. The first kappa shape index (κ1) is 19.7. The Labute approximate surface area is 166 Å². The second-order valence-corrected chi connectivity index (χ2v) is 7.69. The SMILES string of the molecule is COc1ccc(C(=O)N/N=C/c2cc3c(cc2C)N(C)C(C)(C)C=C3C)cc1. The predicted octanol–water partition coefficient (Wildman–Crippen LogP) is 4.40. The van der Waals surface area contributed by atoms with Crippen molar-refractivity contribution in [3.05, 3.63) is 64.7 Å². The van der Waals surface area contributed by atoms with Gasteiger partial charge in [0, 0.05) is 23.9 Å². The molecule has 1 N–H and O–H groups in total. The lowest BCUT2D eigenvalue weighted by molar-refractivity contribution is 0.0955. The van der Waals surface area contributed by atoms with Gasteiger partial charge in [-0.1, -0.05) is 6.08 Å². The smallest absolute Gasteiger partial charge is 0.271 e. The molecular formula is C23H27N3O2. The van der Waals surface area contributed by atoms with E-state index in [1.165, 1.54) is 16.8 Å². The van der Waals surface area contributed by atoms with Crippen LogP contribution in [0.1, 0.15) is 47.8 Å². The van der Waals surface area contributed by atoms with E-state index >= 15 is 0 Å². The third kappa shape index (κ3) is 3.79. The molecule has 3 rings (SSSR count). The summed E-state index contributed by atoms with van der Waals surface area (Å²) in [5.41, 5.74) is 8.83. The number of hydrogen-bond acceptors (Lipinski definition) is 4. The zero-order valence-corrected chi connectivity index (χ0v) is 17.3. The highest BCUT2D eigenvalue weighted by Crippen LogP contribution is 2.38. The fourth-order valence-corrected chi connectivity index (χ4v) is 3.42. The molecule has 5 nitrogen and oxygen atoms in total. The minimum atomic E-state index is -0.257. The van der Waals surface area contributed by atoms with Crippen molar-refractivity contribution in [1.29, 1.82) is 0 Å². The second kappa shape index (κ2) is 7.50. The normalized spacial score (nSPS) is 15.2. The Balaban J connectivity index is 1.79. The summed E-state index contributed by atoms with van der Waals surface area (Å²) in [5, 5.41) is 4.15. The summed E-state index contributed by atoms with van der Waals surface area (Å²) in [6.07, 6.45) is 3.97. The molecule has 1 aliphatic heterocycles. The zero-order valence-electron chi connectivity index (χ0n) is 17.3. The molecule has 0 radical (unpaired) electrons. The standard InChI is InChI=1S/C23H27N3O2/c1-15-11-21-20(16(2)13-23(3,4)26(21)5)12-18(15)14-24-25-22(27)17-7-9-19(28-6)10-8-17/h7-14H,1-6H3,(H,25,27)/b24-14+. The third-order valence-corrected chi connectivity index (χ3v) is 5.33. The van der Waals surface area contributed by atoms with Crippen molar-refractivity contribution in [3.63, 3.8) is 0 Å². The van der Waals surface area contributed by atoms with Gasteiger partial charge in [0.1, 0.15) is 5.75 Å². The molecule has 0 saturated carbocycles. The summed E-state index contributed by atoms with van der Waals surface area (Å²) in [4.78, 5) is 14.5. The first-order valence-corrected chi connectivity index (χ1v) is 9.28. The Morgan fingerprint density at radius 3 is 2.50 bits per heavy atom. The minimum Gasteiger partial charge on any atom is -0.497 e. The third-order valence-electron chi connectivity index (χ3n) is 5.33. The fraction of sp³-hybridized carbons (Fsp3) is 0.304. The number of aryl methyl sites for hydroxylation is 1. The van der Waals surface area contributed by atoms with Gasteiger partial charge in [0.25, 0.3) is 5.91 Å². The fourth-order valence-electron chi connectivity index (χ4n) is 3.42. The summed E-state index contributed by atoms with van der Waals surface area (Å²) in [7, 11) is 3.71. The number of likely N-dealkylation sites (N-methyl/N-ethyl adjacent to an activating group) is 1. The van der Waals surface area contributed by atoms with E-state index in [1.54, 1.807) is 37.6 Å². The maximum absolute atomic E-state index is 12.2. The predicted molar refractivity (Wildman–Crippen MR) is 115 cm³/mol. The molecule has 0 spiro atoms. The molecule has 0 aromatic heterocycles. The molecule has 0 bridgehead atoms. The number of amides is 1. The van der Waals surface area contributed by atoms with E-state index in [9.17, 15) is 4.79 Å². The number of nitrogens with one attached hydrogen (secondary N) is 1. The van der Waals surface area contributed by atoms with Crippen LogP contribution < -0.4 is 15.1 Å². The van der Waals surface area contributed by atoms with Crippen molar-refractivity contribution in [1.82, 2.24) is 5.43 Å². The lowest BCUT2D eigenvalue weighted by Crippen LogP contribution is -2.42. The molecule has 0 atom stereocenters. The number of hydrazone groups is 1. The lowest BCUT2D eigenvalue weighted by atomic mass is 9.87. The first-order valence-electron chi connectivity index (χ1n) is 9.28. The number of hydrogen-bond donors (Lipinski definition) is 1. The Morgan fingerprint density at radius 2 is 1.86 bits per heavy atom. The van der Waals surface area contributed by atoms with Crippen LogP contribution in [0.5, 0.6) is 5.75 Å². The summed E-state index contributed by atoms with van der Waals surface area (Å²) in [6.45, 7) is 8.61. The van der Waals surface area contributed by atoms with Gasteiger partial charge >= 0.3 is 0 Å². The molecule has 1 heterocycles. The number of fused-ring (bicyclic) bond motifs is 1. The monoisotopic (exact) mass is 377 g/mol. The maximum Gasteiger partial charge on any atom is 0.271 e. The molecule has 2 aromatic carbocycles. The van der Waals surface area contributed by atoms with Crippen LogP contribution in [-0.4, -0.2) is 31.8 Å². The van der Waals surface area contributed by atoms with Gasteiger partial charge in [0.15, 0.2) is 0 Å². The molecule has 0 fully saturated rings. The maximum atomic E-state index is 12.2. The largest absolute Gasteiger partial charge is 0.497 e. The molecular weight excluding hydrogens is 350 g/mol. The van der Waals surface area contributed by atoms with E-state index in [2.05, 4.69) is 68.4 Å². The van der Waals surface area contributed by atoms with Crippen LogP contribution in [-0.2, 0) is 0 Å². The lowest BCUT2D eigenvalue weighted by Gasteiger charge is -2.41. The van der Waals surface area contributed by atoms with Crippen molar-refractivity contribution in [2.75, 3.05) is 19.1 Å². The number of benzene rings is 2. The van der Waals surface area contributed by atoms with Crippen molar-refractivity contribution < 1.29 is 9.53 Å². The highest BCUT2D eigenvalue weighted by molar-refractivity contribution is 5.95. The molecule has 0 unspecified atom stereocenters. The number of anilines is 1. The highest BCUT2D eigenvalue weighted by Gasteiger charge is 2.28. The van der Waals surface area contributed by atoms with E-state index in [1.807, 2.05) is 0 Å².